The number of aliphatic carboxylic acids is 1. The van der Waals surface area contributed by atoms with Crippen LogP contribution in [0.3, 0.4) is 0 Å². The molecular weight excluding hydrogens is 432 g/mol. The van der Waals surface area contributed by atoms with Gasteiger partial charge in [-0.2, -0.15) is 0 Å². The van der Waals surface area contributed by atoms with Crippen molar-refractivity contribution in [1.29, 1.82) is 0 Å². The number of halogens is 1. The van der Waals surface area contributed by atoms with Gasteiger partial charge in [-0.3, -0.25) is 9.59 Å². The molecule has 4 heteroatoms. The number of carboxylic acid groups (broad SMARTS) is 1. The normalized spacial score (nSPS) is 13.3. The van der Waals surface area contributed by atoms with Crippen LogP contribution in [0.25, 0.3) is 12.2 Å². The fraction of sp³-hybridized carbons (Fsp3) is 0.172. The Balaban J connectivity index is 1.98. The van der Waals surface area contributed by atoms with Gasteiger partial charge >= 0.3 is 5.97 Å². The number of carboxylic acids is 1. The number of allylic oxidation sites excluding steroid dienone is 2. The van der Waals surface area contributed by atoms with Crippen LogP contribution in [-0.2, 0) is 15.0 Å². The van der Waals surface area contributed by atoms with Crippen molar-refractivity contribution in [2.24, 2.45) is 0 Å². The second-order valence-corrected chi connectivity index (χ2v) is 8.55. The van der Waals surface area contributed by atoms with Gasteiger partial charge in [0, 0.05) is 11.4 Å². The van der Waals surface area contributed by atoms with E-state index < -0.39 is 11.4 Å². The molecule has 3 aromatic carbocycles. The van der Waals surface area contributed by atoms with Gasteiger partial charge in [-0.1, -0.05) is 102 Å². The van der Waals surface area contributed by atoms with Crippen molar-refractivity contribution in [3.05, 3.63) is 118 Å². The number of carbonyl (C=O) groups excluding carboxylic acids is 1. The number of aryl methyl sites for hydroxylation is 1. The van der Waals surface area contributed by atoms with E-state index in [1.807, 2.05) is 79.7 Å². The molecule has 3 aromatic rings. The molecule has 0 spiro atoms. The molecular formula is C29H27ClO3. The first-order valence-corrected chi connectivity index (χ1v) is 11.3. The van der Waals surface area contributed by atoms with Crippen molar-refractivity contribution < 1.29 is 14.7 Å². The zero-order valence-electron chi connectivity index (χ0n) is 18.6. The van der Waals surface area contributed by atoms with Crippen LogP contribution < -0.4 is 0 Å². The second kappa shape index (κ2) is 11.4. The van der Waals surface area contributed by atoms with Gasteiger partial charge in [0.15, 0.2) is 5.78 Å². The van der Waals surface area contributed by atoms with Gasteiger partial charge in [0.05, 0.1) is 5.41 Å². The highest BCUT2D eigenvalue weighted by Crippen LogP contribution is 2.36. The summed E-state index contributed by atoms with van der Waals surface area (Å²) < 4.78 is 0. The quantitative estimate of drug-likeness (QED) is 0.328. The van der Waals surface area contributed by atoms with Crippen LogP contribution >= 0.6 is 11.6 Å². The molecule has 0 amide bonds. The molecule has 0 aliphatic rings. The first-order valence-electron chi connectivity index (χ1n) is 10.9. The predicted octanol–water partition coefficient (Wildman–Crippen LogP) is 7.14. The van der Waals surface area contributed by atoms with Crippen molar-refractivity contribution in [3.8, 4) is 0 Å². The zero-order chi connectivity index (χ0) is 23.7. The van der Waals surface area contributed by atoms with Crippen molar-refractivity contribution in [1.82, 2.24) is 0 Å². The van der Waals surface area contributed by atoms with E-state index in [1.54, 1.807) is 24.3 Å². The van der Waals surface area contributed by atoms with Crippen LogP contribution in [-0.4, -0.2) is 16.9 Å². The Labute approximate surface area is 200 Å². The first kappa shape index (κ1) is 24.2. The van der Waals surface area contributed by atoms with Gasteiger partial charge in [-0.25, -0.2) is 0 Å². The first-order chi connectivity index (χ1) is 15.9. The van der Waals surface area contributed by atoms with E-state index in [-0.39, 0.29) is 18.6 Å². The van der Waals surface area contributed by atoms with Crippen molar-refractivity contribution in [3.63, 3.8) is 0 Å². The lowest BCUT2D eigenvalue weighted by Gasteiger charge is -2.31. The molecule has 0 saturated carbocycles. The smallest absolute Gasteiger partial charge is 0.303 e. The fourth-order valence-electron chi connectivity index (χ4n) is 3.88. The van der Waals surface area contributed by atoms with Gasteiger partial charge in [0.1, 0.15) is 0 Å². The van der Waals surface area contributed by atoms with E-state index in [0.29, 0.717) is 11.4 Å². The van der Waals surface area contributed by atoms with Crippen LogP contribution in [0.1, 0.15) is 41.5 Å². The molecule has 3 nitrogen and oxygen atoms in total. The highest BCUT2D eigenvalue weighted by Gasteiger charge is 2.37. The molecule has 0 aliphatic carbocycles. The Bertz CT molecular complexity index is 1150. The third-order valence-corrected chi connectivity index (χ3v) is 5.93. The van der Waals surface area contributed by atoms with Crippen LogP contribution in [0.2, 0.25) is 5.02 Å². The third-order valence-electron chi connectivity index (χ3n) is 5.68. The molecule has 0 saturated heterocycles. The van der Waals surface area contributed by atoms with Gasteiger partial charge < -0.3 is 5.11 Å². The summed E-state index contributed by atoms with van der Waals surface area (Å²) in [6.45, 7) is 2.03. The molecule has 1 N–H and O–H groups in total. The molecule has 0 fully saturated rings. The minimum Gasteiger partial charge on any atom is -0.481 e. The van der Waals surface area contributed by atoms with Crippen LogP contribution in [0.15, 0.2) is 91.0 Å². The number of rotatable bonds is 10. The lowest BCUT2D eigenvalue weighted by Crippen LogP contribution is -2.35. The molecule has 0 aliphatic heterocycles. The maximum absolute atomic E-state index is 13.7. The summed E-state index contributed by atoms with van der Waals surface area (Å²) in [7, 11) is 0. The van der Waals surface area contributed by atoms with Crippen LogP contribution in [0.5, 0.6) is 0 Å². The fourth-order valence-corrected chi connectivity index (χ4v) is 4.01. The van der Waals surface area contributed by atoms with E-state index >= 15 is 0 Å². The maximum atomic E-state index is 13.7. The van der Waals surface area contributed by atoms with Gasteiger partial charge in [0.2, 0.25) is 0 Å². The van der Waals surface area contributed by atoms with E-state index in [9.17, 15) is 14.7 Å². The Morgan fingerprint density at radius 1 is 0.909 bits per heavy atom. The number of hydrogen-bond acceptors (Lipinski definition) is 2. The molecule has 168 valence electrons. The molecule has 0 radical (unpaired) electrons. The Morgan fingerprint density at radius 2 is 1.64 bits per heavy atom. The molecule has 0 aromatic heterocycles. The minimum atomic E-state index is -0.983. The molecule has 1 unspecified atom stereocenters. The molecule has 3 rings (SSSR count). The molecule has 33 heavy (non-hydrogen) atoms. The van der Waals surface area contributed by atoms with E-state index in [0.717, 1.165) is 22.3 Å². The summed E-state index contributed by atoms with van der Waals surface area (Å²) in [5.74, 6) is -1.05. The number of carbonyl (C=O) groups is 2. The minimum absolute atomic E-state index is 0.103. The van der Waals surface area contributed by atoms with Gasteiger partial charge in [0.25, 0.3) is 0 Å². The Hall–Kier alpha value is -3.43. The molecule has 0 bridgehead atoms. The van der Waals surface area contributed by atoms with Crippen molar-refractivity contribution >= 4 is 35.5 Å². The molecule has 0 heterocycles. The summed E-state index contributed by atoms with van der Waals surface area (Å²) in [6.07, 6.45) is 7.75. The van der Waals surface area contributed by atoms with Gasteiger partial charge in [-0.05, 0) is 54.7 Å². The SMILES string of the molecule is Cc1cccc(C=CCC(CCC(=O)O)(C(=O)C=Cc2ccc(Cl)cc2)c2ccccc2)c1. The lowest BCUT2D eigenvalue weighted by atomic mass is 9.70. The summed E-state index contributed by atoms with van der Waals surface area (Å²) >= 11 is 5.96. The van der Waals surface area contributed by atoms with E-state index in [1.165, 1.54) is 0 Å². The van der Waals surface area contributed by atoms with E-state index in [4.69, 9.17) is 11.6 Å². The largest absolute Gasteiger partial charge is 0.481 e. The number of ketones is 1. The van der Waals surface area contributed by atoms with Crippen molar-refractivity contribution in [2.45, 2.75) is 31.6 Å². The standard InChI is InChI=1S/C29H27ClO3/c1-22-7-5-8-24(21-22)9-6-19-29(20-18-28(32)33,25-10-3-2-4-11-25)27(31)17-14-23-12-15-26(30)16-13-23/h2-17,21H,18-20H2,1H3,(H,32,33). The topological polar surface area (TPSA) is 54.4 Å². The summed E-state index contributed by atoms with van der Waals surface area (Å²) in [5, 5.41) is 10.0. The zero-order valence-corrected chi connectivity index (χ0v) is 19.3. The molecule has 1 atom stereocenters. The summed E-state index contributed by atoms with van der Waals surface area (Å²) in [4.78, 5) is 25.2. The summed E-state index contributed by atoms with van der Waals surface area (Å²) in [6, 6.07) is 24.8. The Kier molecular flexibility index (Phi) is 8.39. The maximum Gasteiger partial charge on any atom is 0.303 e. The average Bonchev–Trinajstić information content (AvgIpc) is 2.81. The average molecular weight is 459 g/mol. The highest BCUT2D eigenvalue weighted by atomic mass is 35.5. The number of hydrogen-bond donors (Lipinski definition) is 1. The third kappa shape index (κ3) is 6.77. The van der Waals surface area contributed by atoms with E-state index in [2.05, 4.69) is 6.07 Å². The Morgan fingerprint density at radius 3 is 2.30 bits per heavy atom. The van der Waals surface area contributed by atoms with Crippen molar-refractivity contribution in [2.75, 3.05) is 0 Å². The second-order valence-electron chi connectivity index (χ2n) is 8.11. The van der Waals surface area contributed by atoms with Crippen LogP contribution in [0, 0.1) is 6.92 Å². The number of benzene rings is 3. The predicted molar refractivity (Wildman–Crippen MR) is 135 cm³/mol. The lowest BCUT2D eigenvalue weighted by molar-refractivity contribution is -0.137. The van der Waals surface area contributed by atoms with Crippen LogP contribution in [0.4, 0.5) is 0 Å². The summed E-state index contributed by atoms with van der Waals surface area (Å²) in [5.41, 5.74) is 2.87. The van der Waals surface area contributed by atoms with Gasteiger partial charge in [-0.15, -0.1) is 0 Å². The monoisotopic (exact) mass is 458 g/mol. The highest BCUT2D eigenvalue weighted by molar-refractivity contribution is 6.30.